The fourth-order valence-electron chi connectivity index (χ4n) is 11.0. The molecule has 2 heterocycles. The Balaban J connectivity index is 1.56. The monoisotopic (exact) mass is 1350 g/mol. The molecule has 0 aromatic heterocycles. The Morgan fingerprint density at radius 1 is 0.558 bits per heavy atom. The maximum atomic E-state index is 14.7. The number of aliphatic imine (C=N–C) groups is 1. The molecule has 32 heteroatoms. The molecular weight excluding hydrogens is 1250 g/mol. The molecule has 2 aliphatic heterocycles. The fraction of sp³-hybridized carbons (Fsp3) is 0.587. The van der Waals surface area contributed by atoms with Crippen LogP contribution in [0, 0.1) is 5.92 Å². The molecule has 12 amide bonds. The fourth-order valence-corrected chi connectivity index (χ4v) is 11.5. The molecule has 2 aromatic carbocycles. The van der Waals surface area contributed by atoms with E-state index in [4.69, 9.17) is 34.4 Å². The van der Waals surface area contributed by atoms with Gasteiger partial charge in [-0.1, -0.05) is 74.5 Å². The number of guanidine groups is 1. The zero-order valence-electron chi connectivity index (χ0n) is 54.4. The van der Waals surface area contributed by atoms with E-state index < -0.39 is 170 Å². The number of carboxylic acid groups (broad SMARTS) is 1. The number of thioether (sulfide) groups is 1. The second kappa shape index (κ2) is 41.0. The van der Waals surface area contributed by atoms with Gasteiger partial charge in [0.2, 0.25) is 70.9 Å². The minimum Gasteiger partial charge on any atom is -0.480 e. The Hall–Kier alpha value is -8.91. The minimum absolute atomic E-state index is 0.0706. The summed E-state index contributed by atoms with van der Waals surface area (Å²) in [6.07, 6.45) is 2.86. The average Bonchev–Trinajstić information content (AvgIpc) is 1.74. The lowest BCUT2D eigenvalue weighted by Gasteiger charge is -2.32. The molecule has 0 spiro atoms. The number of unbranched alkanes of at least 4 members (excludes halogenated alkanes) is 1. The predicted octanol–water partition coefficient (Wildman–Crippen LogP) is -3.11. The van der Waals surface area contributed by atoms with Crippen molar-refractivity contribution in [1.82, 2.24) is 52.3 Å². The molecule has 95 heavy (non-hydrogen) atoms. The molecule has 2 saturated heterocycles. The standard InChI is InChI=1S/C63H97N17O14S/c1-37(2)33-45(56(87)76-44(62(93)94)27-32-95-3)72-52(83)36-71-53(84)46(34-38-15-6-4-7-16-38)77-57(88)47(35-39-17-8-5-9-18-39)78-55(86)41(23-25-50(66)81)73-54(85)42(24-26-51(67)82)74-58(89)49-22-14-31-80(49)61(92)43(20-10-11-28-64)75-59(90)48-21-13-30-79(48)60(91)40(65)19-12-29-70-63(68)69/h4-9,15-18,37,40-49H,10-14,19-36,64-65H2,1-3H3,(H2,66,81)(H2,67,82)(H,71,84)(H,72,83)(H,73,85)(H,74,89)(H,75,90)(H,76,87)(H,77,88)(H,78,86)(H,93,94)(H4,68,69,70)/t40-,41-,42-,43-,44-,45-,46-,47-,48-,49-/m0/s1. The molecule has 0 aliphatic carbocycles. The summed E-state index contributed by atoms with van der Waals surface area (Å²) in [7, 11) is 0. The van der Waals surface area contributed by atoms with Crippen LogP contribution in [-0.2, 0) is 75.2 Å². The Kier molecular flexibility index (Phi) is 33.9. The number of hydrogen-bond donors (Lipinski definition) is 15. The molecular formula is C63H97N17O14S. The van der Waals surface area contributed by atoms with Gasteiger partial charge in [0.15, 0.2) is 5.96 Å². The quantitative estimate of drug-likeness (QED) is 0.0178. The van der Waals surface area contributed by atoms with E-state index in [-0.39, 0.29) is 83.0 Å². The summed E-state index contributed by atoms with van der Waals surface area (Å²) < 4.78 is 0. The van der Waals surface area contributed by atoms with Gasteiger partial charge < -0.3 is 91.8 Å². The lowest BCUT2D eigenvalue weighted by Crippen LogP contribution is -2.60. The highest BCUT2D eigenvalue weighted by molar-refractivity contribution is 7.98. The third-order valence-electron chi connectivity index (χ3n) is 16.0. The molecule has 2 aromatic rings. The first-order chi connectivity index (χ1) is 45.2. The van der Waals surface area contributed by atoms with Crippen LogP contribution in [0.15, 0.2) is 65.7 Å². The number of aliphatic carboxylic acids is 1. The van der Waals surface area contributed by atoms with Crippen LogP contribution in [0.3, 0.4) is 0 Å². The second-order valence-corrected chi connectivity index (χ2v) is 25.0. The summed E-state index contributed by atoms with van der Waals surface area (Å²) in [5.41, 5.74) is 35.0. The van der Waals surface area contributed by atoms with E-state index in [0.717, 1.165) is 0 Å². The van der Waals surface area contributed by atoms with Gasteiger partial charge >= 0.3 is 5.97 Å². The predicted molar refractivity (Wildman–Crippen MR) is 354 cm³/mol. The first-order valence-corrected chi connectivity index (χ1v) is 33.5. The molecule has 31 nitrogen and oxygen atoms in total. The molecule has 2 fully saturated rings. The second-order valence-electron chi connectivity index (χ2n) is 24.1. The maximum absolute atomic E-state index is 14.7. The number of carbonyl (C=O) groups is 13. The SMILES string of the molecule is CSCC[C@H](NC(=O)[C@H](CC(C)C)NC(=O)CNC(=O)[C@H](Cc1ccccc1)NC(=O)[C@H](Cc1ccccc1)NC(=O)[C@H](CCC(N)=O)NC(=O)[C@H](CCC(N)=O)NC(=O)[C@@H]1CCCN1C(=O)[C@H](CCCCN)NC(=O)[C@@H]1CCCN1C(=O)[C@@H](N)CCCN=C(N)N)C(=O)O. The highest BCUT2D eigenvalue weighted by Crippen LogP contribution is 2.24. The largest absolute Gasteiger partial charge is 0.480 e. The summed E-state index contributed by atoms with van der Waals surface area (Å²) in [5.74, 6) is -10.6. The van der Waals surface area contributed by atoms with E-state index in [0.29, 0.717) is 55.4 Å². The highest BCUT2D eigenvalue weighted by atomic mass is 32.2. The number of likely N-dealkylation sites (tertiary alicyclic amines) is 2. The van der Waals surface area contributed by atoms with Crippen molar-refractivity contribution in [2.75, 3.05) is 44.7 Å². The number of amides is 12. The van der Waals surface area contributed by atoms with Crippen molar-refractivity contribution in [3.63, 3.8) is 0 Å². The summed E-state index contributed by atoms with van der Waals surface area (Å²) in [6, 6.07) is 4.12. The van der Waals surface area contributed by atoms with Crippen molar-refractivity contribution >= 4 is 94.6 Å². The van der Waals surface area contributed by atoms with Crippen molar-refractivity contribution < 1.29 is 67.4 Å². The Bertz CT molecular complexity index is 2960. The zero-order chi connectivity index (χ0) is 70.1. The molecule has 0 saturated carbocycles. The van der Waals surface area contributed by atoms with Crippen LogP contribution in [0.5, 0.6) is 0 Å². The van der Waals surface area contributed by atoms with Gasteiger partial charge in [-0.3, -0.25) is 62.5 Å². The van der Waals surface area contributed by atoms with Crippen molar-refractivity contribution in [1.29, 1.82) is 0 Å². The van der Waals surface area contributed by atoms with Crippen LogP contribution in [0.2, 0.25) is 0 Å². The lowest BCUT2D eigenvalue weighted by molar-refractivity contribution is -0.144. The molecule has 524 valence electrons. The highest BCUT2D eigenvalue weighted by Gasteiger charge is 2.42. The molecule has 21 N–H and O–H groups in total. The minimum atomic E-state index is -1.65. The summed E-state index contributed by atoms with van der Waals surface area (Å²) in [4.78, 5) is 184. The zero-order valence-corrected chi connectivity index (χ0v) is 55.2. The third-order valence-corrected chi connectivity index (χ3v) is 16.6. The van der Waals surface area contributed by atoms with E-state index >= 15 is 0 Å². The van der Waals surface area contributed by atoms with Gasteiger partial charge in [0.1, 0.15) is 54.4 Å². The van der Waals surface area contributed by atoms with Crippen LogP contribution in [0.25, 0.3) is 0 Å². The number of benzene rings is 2. The number of rotatable bonds is 42. The van der Waals surface area contributed by atoms with Crippen LogP contribution in [0.1, 0.15) is 121 Å². The van der Waals surface area contributed by atoms with Gasteiger partial charge in [0, 0.05) is 45.3 Å². The van der Waals surface area contributed by atoms with Gasteiger partial charge in [-0.25, -0.2) is 4.79 Å². The number of nitrogens with zero attached hydrogens (tertiary/aromatic N) is 3. The Labute approximate surface area is 557 Å². The molecule has 4 rings (SSSR count). The van der Waals surface area contributed by atoms with Crippen LogP contribution in [-0.4, -0.2) is 203 Å². The van der Waals surface area contributed by atoms with Gasteiger partial charge in [0.05, 0.1) is 12.6 Å². The van der Waals surface area contributed by atoms with E-state index in [2.05, 4.69) is 47.5 Å². The van der Waals surface area contributed by atoms with Gasteiger partial charge in [-0.15, -0.1) is 0 Å². The van der Waals surface area contributed by atoms with Crippen LogP contribution < -0.4 is 76.9 Å². The number of carboxylic acids is 1. The van der Waals surface area contributed by atoms with E-state index in [1.807, 2.05) is 0 Å². The normalized spacial score (nSPS) is 16.8. The molecule has 0 unspecified atom stereocenters. The number of carbonyl (C=O) groups excluding carboxylic acids is 12. The summed E-state index contributed by atoms with van der Waals surface area (Å²) >= 11 is 1.40. The topological polar surface area (TPSA) is 513 Å². The van der Waals surface area contributed by atoms with Gasteiger partial charge in [0.25, 0.3) is 0 Å². The van der Waals surface area contributed by atoms with Crippen LogP contribution in [0.4, 0.5) is 0 Å². The number of hydrogen-bond acceptors (Lipinski definition) is 17. The summed E-state index contributed by atoms with van der Waals surface area (Å²) in [5, 5.41) is 30.6. The van der Waals surface area contributed by atoms with E-state index in [1.54, 1.807) is 80.8 Å². The van der Waals surface area contributed by atoms with Crippen molar-refractivity contribution in [3.05, 3.63) is 71.8 Å². The van der Waals surface area contributed by atoms with Crippen molar-refractivity contribution in [2.45, 2.75) is 183 Å². The van der Waals surface area contributed by atoms with E-state index in [9.17, 15) is 67.4 Å². The number of primary amides is 2. The summed E-state index contributed by atoms with van der Waals surface area (Å²) in [6.45, 7) is 3.78. The maximum Gasteiger partial charge on any atom is 0.326 e. The van der Waals surface area contributed by atoms with Gasteiger partial charge in [-0.2, -0.15) is 11.8 Å². The molecule has 0 radical (unpaired) electrons. The van der Waals surface area contributed by atoms with Crippen molar-refractivity contribution in [2.24, 2.45) is 45.3 Å². The molecule has 10 atom stereocenters. The molecule has 0 bridgehead atoms. The molecule has 2 aliphatic rings. The Morgan fingerprint density at radius 3 is 1.53 bits per heavy atom. The average molecular weight is 1350 g/mol. The van der Waals surface area contributed by atoms with E-state index in [1.165, 1.54) is 21.6 Å². The third kappa shape index (κ3) is 27.5. The first-order valence-electron chi connectivity index (χ1n) is 32.1. The first kappa shape index (κ1) is 78.5. The number of nitrogens with one attached hydrogen (secondary N) is 8. The van der Waals surface area contributed by atoms with Crippen LogP contribution >= 0.6 is 11.8 Å². The Morgan fingerprint density at radius 2 is 1.03 bits per heavy atom. The van der Waals surface area contributed by atoms with Crippen molar-refractivity contribution in [3.8, 4) is 0 Å². The smallest absolute Gasteiger partial charge is 0.326 e. The number of nitrogens with two attached hydrogens (primary N) is 6. The lowest BCUT2D eigenvalue weighted by atomic mass is 10.0. The van der Waals surface area contributed by atoms with Gasteiger partial charge in [-0.05, 0) is 119 Å².